The number of aliphatic hydroxyl groups excluding tert-OH is 1. The van der Waals surface area contributed by atoms with Gasteiger partial charge in [-0.2, -0.15) is 0 Å². The van der Waals surface area contributed by atoms with Crippen LogP contribution in [0.2, 0.25) is 0 Å². The van der Waals surface area contributed by atoms with Crippen molar-refractivity contribution in [3.05, 3.63) is 12.7 Å². The number of carboxylic acids is 1. The molecule has 0 aromatic rings. The molecular formula is C23H34N2O5S. The van der Waals surface area contributed by atoms with Gasteiger partial charge in [0.2, 0.25) is 11.8 Å². The van der Waals surface area contributed by atoms with E-state index in [1.807, 2.05) is 11.8 Å². The van der Waals surface area contributed by atoms with Crippen molar-refractivity contribution in [2.24, 2.45) is 11.8 Å². The summed E-state index contributed by atoms with van der Waals surface area (Å²) in [6.07, 6.45) is 8.76. The predicted molar refractivity (Wildman–Crippen MR) is 119 cm³/mol. The zero-order valence-electron chi connectivity index (χ0n) is 18.3. The maximum atomic E-state index is 14.1. The molecule has 3 aliphatic heterocycles. The molecule has 2 bridgehead atoms. The molecule has 3 saturated heterocycles. The summed E-state index contributed by atoms with van der Waals surface area (Å²) < 4.78 is -1.22. The second-order valence-electron chi connectivity index (χ2n) is 9.75. The summed E-state index contributed by atoms with van der Waals surface area (Å²) in [6, 6.07) is -0.534. The Bertz CT molecular complexity index is 769. The summed E-state index contributed by atoms with van der Waals surface area (Å²) in [5, 5.41) is 19.4. The number of carbonyl (C=O) groups excluding carboxylic acids is 2. The quantitative estimate of drug-likeness (QED) is 0.551. The smallest absolute Gasteiger partial charge is 0.308 e. The van der Waals surface area contributed by atoms with Gasteiger partial charge in [0.05, 0.1) is 16.6 Å². The lowest BCUT2D eigenvalue weighted by Crippen LogP contribution is -2.57. The molecule has 172 valence electrons. The molecule has 0 aromatic heterocycles. The first-order valence-electron chi connectivity index (χ1n) is 11.6. The summed E-state index contributed by atoms with van der Waals surface area (Å²) in [5.41, 5.74) is 0. The van der Waals surface area contributed by atoms with Crippen LogP contribution in [0.25, 0.3) is 0 Å². The van der Waals surface area contributed by atoms with Crippen LogP contribution < -0.4 is 0 Å². The van der Waals surface area contributed by atoms with E-state index in [9.17, 15) is 24.6 Å². The van der Waals surface area contributed by atoms with Crippen LogP contribution in [0.15, 0.2) is 12.7 Å². The lowest BCUT2D eigenvalue weighted by molar-refractivity contribution is -0.150. The molecule has 0 aromatic carbocycles. The van der Waals surface area contributed by atoms with Gasteiger partial charge in [0.15, 0.2) is 0 Å². The molecule has 1 saturated carbocycles. The van der Waals surface area contributed by atoms with Gasteiger partial charge in [-0.1, -0.05) is 25.3 Å². The zero-order valence-corrected chi connectivity index (χ0v) is 19.1. The van der Waals surface area contributed by atoms with E-state index in [1.165, 1.54) is 6.42 Å². The number of carboxylic acid groups (broad SMARTS) is 1. The number of fused-ring (bicyclic) bond motifs is 1. The Morgan fingerprint density at radius 2 is 2.00 bits per heavy atom. The number of thioether (sulfide) groups is 1. The number of aliphatic carboxylic acids is 1. The summed E-state index contributed by atoms with van der Waals surface area (Å²) in [6.45, 7) is 6.44. The van der Waals surface area contributed by atoms with E-state index in [2.05, 4.69) is 6.58 Å². The van der Waals surface area contributed by atoms with E-state index in [0.717, 1.165) is 25.7 Å². The molecule has 2 N–H and O–H groups in total. The molecule has 7 nitrogen and oxygen atoms in total. The fourth-order valence-corrected chi connectivity index (χ4v) is 9.01. The van der Waals surface area contributed by atoms with Crippen LogP contribution in [-0.4, -0.2) is 79.1 Å². The first-order chi connectivity index (χ1) is 14.8. The average Bonchev–Trinajstić information content (AvgIpc) is 3.31. The Labute approximate surface area is 188 Å². The average molecular weight is 451 g/mol. The van der Waals surface area contributed by atoms with Crippen molar-refractivity contribution in [1.82, 2.24) is 9.80 Å². The van der Waals surface area contributed by atoms with Crippen LogP contribution in [0.4, 0.5) is 0 Å². The van der Waals surface area contributed by atoms with Crippen LogP contribution in [-0.2, 0) is 14.4 Å². The van der Waals surface area contributed by atoms with Crippen LogP contribution in [0.3, 0.4) is 0 Å². The second kappa shape index (κ2) is 8.43. The van der Waals surface area contributed by atoms with E-state index in [0.29, 0.717) is 25.8 Å². The van der Waals surface area contributed by atoms with Crippen LogP contribution in [0, 0.1) is 11.8 Å². The summed E-state index contributed by atoms with van der Waals surface area (Å²) in [7, 11) is 0. The van der Waals surface area contributed by atoms with Crippen LogP contribution in [0.5, 0.6) is 0 Å². The summed E-state index contributed by atoms with van der Waals surface area (Å²) >= 11 is 1.57. The number of nitrogens with zero attached hydrogens (tertiary/aromatic N) is 2. The third kappa shape index (κ3) is 3.41. The van der Waals surface area contributed by atoms with Crippen molar-refractivity contribution in [2.75, 3.05) is 19.7 Å². The van der Waals surface area contributed by atoms with Gasteiger partial charge < -0.3 is 20.0 Å². The van der Waals surface area contributed by atoms with Gasteiger partial charge in [-0.25, -0.2) is 0 Å². The molecular weight excluding hydrogens is 416 g/mol. The predicted octanol–water partition coefficient (Wildman–Crippen LogP) is 2.28. The number of hydrogen-bond donors (Lipinski definition) is 2. The second-order valence-corrected chi connectivity index (χ2v) is 11.6. The molecule has 5 atom stereocenters. The fourth-order valence-electron chi connectivity index (χ4n) is 6.67. The Kier molecular flexibility index (Phi) is 6.16. The molecule has 3 heterocycles. The van der Waals surface area contributed by atoms with Gasteiger partial charge in [-0.3, -0.25) is 14.4 Å². The first-order valence-corrected chi connectivity index (χ1v) is 12.4. The van der Waals surface area contributed by atoms with Crippen molar-refractivity contribution in [3.63, 3.8) is 0 Å². The summed E-state index contributed by atoms with van der Waals surface area (Å²) in [5.74, 6) is -2.70. The number of rotatable bonds is 8. The standard InChI is InChI=1S/C23H34N2O5S/c1-3-12-24(15-8-5-4-6-9-15)20(28)18-23-11-10-22(2,31-23)17(21(29)30)16(23)19(27)25(18)13-7-14-26/h3,15-18,26H,1,4-14H2,2H3,(H,29,30)/t16-,17+,18?,22-,23?/m0/s1. The molecule has 1 spiro atoms. The lowest BCUT2D eigenvalue weighted by Gasteiger charge is -2.41. The molecule has 4 rings (SSSR count). The minimum absolute atomic E-state index is 0.0663. The normalized spacial score (nSPS) is 37.2. The highest BCUT2D eigenvalue weighted by Gasteiger charge is 2.77. The number of hydrogen-bond acceptors (Lipinski definition) is 5. The first kappa shape index (κ1) is 22.6. The number of likely N-dealkylation sites (tertiary alicyclic amines) is 1. The minimum atomic E-state index is -0.944. The molecule has 8 heteroatoms. The van der Waals surface area contributed by atoms with Crippen molar-refractivity contribution in [1.29, 1.82) is 0 Å². The van der Waals surface area contributed by atoms with E-state index in [-0.39, 0.29) is 31.0 Å². The highest BCUT2D eigenvalue weighted by atomic mass is 32.2. The van der Waals surface area contributed by atoms with Gasteiger partial charge >= 0.3 is 5.97 Å². The van der Waals surface area contributed by atoms with Crippen molar-refractivity contribution in [3.8, 4) is 0 Å². The molecule has 4 aliphatic rings. The molecule has 1 aliphatic carbocycles. The highest BCUT2D eigenvalue weighted by molar-refractivity contribution is 8.02. The van der Waals surface area contributed by atoms with Crippen molar-refractivity contribution < 1.29 is 24.6 Å². The van der Waals surface area contributed by atoms with E-state index < -0.39 is 33.3 Å². The number of carbonyl (C=O) groups is 3. The third-order valence-corrected chi connectivity index (χ3v) is 9.94. The number of aliphatic hydroxyl groups is 1. The van der Waals surface area contributed by atoms with Gasteiger partial charge in [0.1, 0.15) is 6.04 Å². The van der Waals surface area contributed by atoms with Crippen molar-refractivity contribution in [2.45, 2.75) is 79.9 Å². The monoisotopic (exact) mass is 450 g/mol. The largest absolute Gasteiger partial charge is 0.481 e. The third-order valence-electron chi connectivity index (χ3n) is 7.96. The number of amides is 2. The Morgan fingerprint density at radius 1 is 1.29 bits per heavy atom. The van der Waals surface area contributed by atoms with Gasteiger partial charge in [0.25, 0.3) is 0 Å². The van der Waals surface area contributed by atoms with Crippen LogP contribution >= 0.6 is 11.8 Å². The van der Waals surface area contributed by atoms with E-state index in [1.54, 1.807) is 22.7 Å². The Morgan fingerprint density at radius 3 is 2.61 bits per heavy atom. The maximum Gasteiger partial charge on any atom is 0.308 e. The molecule has 0 radical (unpaired) electrons. The highest BCUT2D eigenvalue weighted by Crippen LogP contribution is 2.71. The molecule has 2 amide bonds. The minimum Gasteiger partial charge on any atom is -0.481 e. The SMILES string of the molecule is C=CCN(C(=O)C1N(CCCO)C(=O)[C@@H]2[C@H](C(=O)O)[C@]3(C)CCC12S3)C1CCCCC1. The van der Waals surface area contributed by atoms with Gasteiger partial charge in [-0.15, -0.1) is 18.3 Å². The van der Waals surface area contributed by atoms with Crippen molar-refractivity contribution >= 4 is 29.5 Å². The Balaban J connectivity index is 1.74. The molecule has 2 unspecified atom stereocenters. The maximum absolute atomic E-state index is 14.1. The molecule has 31 heavy (non-hydrogen) atoms. The lowest BCUT2D eigenvalue weighted by atomic mass is 9.66. The van der Waals surface area contributed by atoms with E-state index >= 15 is 0 Å². The molecule has 4 fully saturated rings. The topological polar surface area (TPSA) is 98.2 Å². The van der Waals surface area contributed by atoms with Crippen LogP contribution in [0.1, 0.15) is 58.3 Å². The van der Waals surface area contributed by atoms with Gasteiger partial charge in [-0.05, 0) is 39.0 Å². The van der Waals surface area contributed by atoms with E-state index in [4.69, 9.17) is 0 Å². The zero-order chi connectivity index (χ0) is 22.4. The summed E-state index contributed by atoms with van der Waals surface area (Å²) in [4.78, 5) is 43.4. The Hall–Kier alpha value is -1.54. The van der Waals surface area contributed by atoms with Gasteiger partial charge in [0, 0.05) is 30.5 Å². The fraction of sp³-hybridized carbons (Fsp3) is 0.783.